The van der Waals surface area contributed by atoms with Crippen molar-refractivity contribution in [2.45, 2.75) is 23.4 Å². The minimum absolute atomic E-state index is 0.154. The zero-order valence-corrected chi connectivity index (χ0v) is 23.8. The molecule has 2 aromatic heterocycles. The lowest BCUT2D eigenvalue weighted by Crippen LogP contribution is -2.34. The Labute approximate surface area is 242 Å². The molecule has 0 aliphatic rings. The average molecular weight is 592 g/mol. The number of nitro groups is 1. The van der Waals surface area contributed by atoms with Gasteiger partial charge in [-0.05, 0) is 54.9 Å². The van der Waals surface area contributed by atoms with Gasteiger partial charge in [-0.3, -0.25) is 24.3 Å². The maximum Gasteiger partial charge on any atom is 0.283 e. The summed E-state index contributed by atoms with van der Waals surface area (Å²) in [4.78, 5) is 38.3. The number of ether oxygens (including phenoxy) is 1. The molecular formula is C27H25N7O5S2. The normalized spacial score (nSPS) is 12.2. The molecule has 4 aromatic rings. The van der Waals surface area contributed by atoms with Gasteiger partial charge in [0, 0.05) is 32.9 Å². The molecule has 0 atom stereocenters. The van der Waals surface area contributed by atoms with E-state index < -0.39 is 16.4 Å². The molecule has 1 N–H and O–H groups in total. The van der Waals surface area contributed by atoms with Crippen LogP contribution < -0.4 is 20.1 Å². The molecule has 2 heterocycles. The van der Waals surface area contributed by atoms with E-state index >= 15 is 0 Å². The standard InChI is InChI=1S/C27H25N7O5S2/c1-3-39-13-7-12-29-24(35)20(16-28)26-33(19-8-5-4-6-9-19)25(36)23(40-26)15-18-10-11-22(21(14-18)34(37)38)41-27-31-30-17-32(27)2/h4-6,8-11,14-15,17H,3,7,12-13H2,1-2H3,(H,29,35)/b23-15+,26-20-. The summed E-state index contributed by atoms with van der Waals surface area (Å²) in [6.07, 6.45) is 3.57. The summed E-state index contributed by atoms with van der Waals surface area (Å²) in [5.41, 5.74) is 0.0361. The zero-order chi connectivity index (χ0) is 29.4. The fourth-order valence-electron chi connectivity index (χ4n) is 3.73. The van der Waals surface area contributed by atoms with Crippen molar-refractivity contribution >= 4 is 46.3 Å². The molecule has 0 fully saturated rings. The highest BCUT2D eigenvalue weighted by Crippen LogP contribution is 2.34. The van der Waals surface area contributed by atoms with Gasteiger partial charge in [0.05, 0.1) is 20.0 Å². The topological polar surface area (TPSA) is 158 Å². The van der Waals surface area contributed by atoms with Crippen molar-refractivity contribution < 1.29 is 14.5 Å². The molecule has 4 rings (SSSR count). The molecule has 0 spiro atoms. The van der Waals surface area contributed by atoms with E-state index in [2.05, 4.69) is 15.5 Å². The van der Waals surface area contributed by atoms with Gasteiger partial charge in [0.15, 0.2) is 10.7 Å². The van der Waals surface area contributed by atoms with E-state index in [-0.39, 0.29) is 20.5 Å². The predicted molar refractivity (Wildman–Crippen MR) is 154 cm³/mol. The molecule has 0 radical (unpaired) electrons. The smallest absolute Gasteiger partial charge is 0.283 e. The molecule has 41 heavy (non-hydrogen) atoms. The van der Waals surface area contributed by atoms with Gasteiger partial charge in [-0.15, -0.1) is 21.5 Å². The number of amides is 1. The Bertz CT molecular complexity index is 1790. The highest BCUT2D eigenvalue weighted by molar-refractivity contribution is 7.99. The van der Waals surface area contributed by atoms with Crippen molar-refractivity contribution in [1.29, 1.82) is 5.26 Å². The molecule has 0 unspecified atom stereocenters. The van der Waals surface area contributed by atoms with Gasteiger partial charge in [-0.25, -0.2) is 0 Å². The van der Waals surface area contributed by atoms with Gasteiger partial charge in [0.25, 0.3) is 17.2 Å². The molecular weight excluding hydrogens is 566 g/mol. The van der Waals surface area contributed by atoms with Crippen molar-refractivity contribution in [2.24, 2.45) is 7.05 Å². The van der Waals surface area contributed by atoms with E-state index in [0.29, 0.717) is 47.5 Å². The summed E-state index contributed by atoms with van der Waals surface area (Å²) in [6.45, 7) is 3.20. The molecule has 12 nitrogen and oxygen atoms in total. The van der Waals surface area contributed by atoms with E-state index in [9.17, 15) is 25.0 Å². The average Bonchev–Trinajstić information content (AvgIpc) is 3.51. The van der Waals surface area contributed by atoms with Crippen LogP contribution in [0.1, 0.15) is 18.9 Å². The van der Waals surface area contributed by atoms with Crippen LogP contribution in [0.4, 0.5) is 5.69 Å². The third-order valence-electron chi connectivity index (χ3n) is 5.69. The second kappa shape index (κ2) is 13.7. The SMILES string of the molecule is CCOCCCNC(=O)/C(C#N)=c1\s/c(=C/c2ccc(Sc3nncn3C)c([N+](=O)[O-])c2)c(=O)n1-c1ccccc1. The second-order valence-electron chi connectivity index (χ2n) is 8.50. The van der Waals surface area contributed by atoms with E-state index in [1.807, 2.05) is 13.0 Å². The lowest BCUT2D eigenvalue weighted by Gasteiger charge is -2.06. The Hall–Kier alpha value is -4.58. The number of nitrogens with one attached hydrogen (secondary N) is 1. The van der Waals surface area contributed by atoms with Gasteiger partial charge in [0.1, 0.15) is 17.1 Å². The van der Waals surface area contributed by atoms with Crippen LogP contribution in [0.5, 0.6) is 0 Å². The summed E-state index contributed by atoms with van der Waals surface area (Å²) >= 11 is 2.06. The maximum absolute atomic E-state index is 13.6. The lowest BCUT2D eigenvalue weighted by atomic mass is 10.2. The van der Waals surface area contributed by atoms with E-state index in [1.165, 1.54) is 23.0 Å². The van der Waals surface area contributed by atoms with Crippen LogP contribution in [-0.4, -0.2) is 49.9 Å². The molecule has 210 valence electrons. The first-order valence-electron chi connectivity index (χ1n) is 12.4. The number of thiazole rings is 1. The minimum atomic E-state index is -0.609. The number of benzene rings is 2. The maximum atomic E-state index is 13.6. The number of nitro benzene ring substituents is 1. The third kappa shape index (κ3) is 6.95. The molecule has 0 saturated carbocycles. The Balaban J connectivity index is 1.81. The van der Waals surface area contributed by atoms with Crippen molar-refractivity contribution in [3.8, 4) is 11.8 Å². The van der Waals surface area contributed by atoms with Gasteiger partial charge >= 0.3 is 0 Å². The molecule has 0 saturated heterocycles. The second-order valence-corrected chi connectivity index (χ2v) is 10.5. The number of carbonyl (C=O) groups is 1. The third-order valence-corrected chi connectivity index (χ3v) is 7.90. The Morgan fingerprint density at radius 1 is 1.29 bits per heavy atom. The van der Waals surface area contributed by atoms with Crippen molar-refractivity contribution in [2.75, 3.05) is 19.8 Å². The number of rotatable bonds is 11. The number of carbonyl (C=O) groups excluding carboxylic acids is 1. The van der Waals surface area contributed by atoms with Gasteiger partial charge < -0.3 is 14.6 Å². The molecule has 0 aliphatic carbocycles. The number of aryl methyl sites for hydroxylation is 1. The van der Waals surface area contributed by atoms with E-state index in [4.69, 9.17) is 4.74 Å². The van der Waals surface area contributed by atoms with Crippen LogP contribution in [0.2, 0.25) is 0 Å². The number of hydrogen-bond acceptors (Lipinski definition) is 10. The number of nitrogens with zero attached hydrogens (tertiary/aromatic N) is 6. The number of para-hydroxylation sites is 1. The lowest BCUT2D eigenvalue weighted by molar-refractivity contribution is -0.387. The Kier molecular flexibility index (Phi) is 9.80. The monoisotopic (exact) mass is 591 g/mol. The first-order chi connectivity index (χ1) is 19.8. The minimum Gasteiger partial charge on any atom is -0.382 e. The highest BCUT2D eigenvalue weighted by Gasteiger charge is 2.19. The zero-order valence-electron chi connectivity index (χ0n) is 22.1. The van der Waals surface area contributed by atoms with Crippen molar-refractivity contribution in [1.82, 2.24) is 24.6 Å². The fourth-order valence-corrected chi connectivity index (χ4v) is 5.69. The van der Waals surface area contributed by atoms with Crippen LogP contribution in [0.25, 0.3) is 17.3 Å². The van der Waals surface area contributed by atoms with E-state index in [0.717, 1.165) is 23.1 Å². The largest absolute Gasteiger partial charge is 0.382 e. The van der Waals surface area contributed by atoms with Crippen LogP contribution in [0.3, 0.4) is 0 Å². The Morgan fingerprint density at radius 3 is 2.73 bits per heavy atom. The van der Waals surface area contributed by atoms with Crippen LogP contribution in [0, 0.1) is 21.4 Å². The van der Waals surface area contributed by atoms with Gasteiger partial charge in [-0.2, -0.15) is 5.26 Å². The first-order valence-corrected chi connectivity index (χ1v) is 14.1. The molecule has 1 amide bonds. The molecule has 14 heteroatoms. The fraction of sp³-hybridized carbons (Fsp3) is 0.222. The number of aromatic nitrogens is 4. The predicted octanol–water partition coefficient (Wildman–Crippen LogP) is 2.13. The quantitative estimate of drug-likeness (QED) is 0.157. The molecule has 0 bridgehead atoms. The molecule has 0 aliphatic heterocycles. The van der Waals surface area contributed by atoms with Gasteiger partial charge in [0.2, 0.25) is 0 Å². The first kappa shape index (κ1) is 29.4. The summed E-state index contributed by atoms with van der Waals surface area (Å²) in [5, 5.41) is 32.7. The summed E-state index contributed by atoms with van der Waals surface area (Å²) in [6, 6.07) is 15.2. The van der Waals surface area contributed by atoms with Crippen molar-refractivity contribution in [3.63, 3.8) is 0 Å². The number of nitriles is 1. The highest BCUT2D eigenvalue weighted by atomic mass is 32.2. The van der Waals surface area contributed by atoms with Crippen LogP contribution >= 0.6 is 23.1 Å². The molecule has 2 aromatic carbocycles. The summed E-state index contributed by atoms with van der Waals surface area (Å²) in [5.74, 6) is -0.609. The van der Waals surface area contributed by atoms with E-state index in [1.54, 1.807) is 54.1 Å². The van der Waals surface area contributed by atoms with Gasteiger partial charge in [-0.1, -0.05) is 24.3 Å². The van der Waals surface area contributed by atoms with Crippen LogP contribution in [0.15, 0.2) is 69.7 Å². The summed E-state index contributed by atoms with van der Waals surface area (Å²) < 4.78 is 8.58. The van der Waals surface area contributed by atoms with Crippen molar-refractivity contribution in [3.05, 3.63) is 90.1 Å². The Morgan fingerprint density at radius 2 is 2.07 bits per heavy atom. The number of hydrogen-bond donors (Lipinski definition) is 1. The van der Waals surface area contributed by atoms with Crippen LogP contribution in [-0.2, 0) is 16.6 Å². The summed E-state index contributed by atoms with van der Waals surface area (Å²) in [7, 11) is 1.73.